The molecule has 4 rings (SSSR count). The van der Waals surface area contributed by atoms with Crippen molar-refractivity contribution in [3.63, 3.8) is 0 Å². The van der Waals surface area contributed by atoms with Crippen LogP contribution in [0, 0.1) is 27.7 Å². The number of aromatic nitrogens is 3. The van der Waals surface area contributed by atoms with Gasteiger partial charge < -0.3 is 24.1 Å². The van der Waals surface area contributed by atoms with Crippen molar-refractivity contribution in [2.45, 2.75) is 93.3 Å². The maximum atomic E-state index is 13.8. The summed E-state index contributed by atoms with van der Waals surface area (Å²) in [7, 11) is 1.89. The summed E-state index contributed by atoms with van der Waals surface area (Å²) in [6.07, 6.45) is 0.616. The number of carbonyl (C=O) groups is 2. The quantitative estimate of drug-likeness (QED) is 0.125. The van der Waals surface area contributed by atoms with Gasteiger partial charge >= 0.3 is 12.1 Å². The van der Waals surface area contributed by atoms with Crippen LogP contribution in [0.4, 0.5) is 4.79 Å². The molecule has 254 valence electrons. The van der Waals surface area contributed by atoms with Crippen molar-refractivity contribution in [2.24, 2.45) is 7.05 Å². The van der Waals surface area contributed by atoms with Gasteiger partial charge in [-0.15, -0.1) is 0 Å². The molecule has 2 aromatic carbocycles. The van der Waals surface area contributed by atoms with Gasteiger partial charge in [0.1, 0.15) is 17.0 Å². The highest BCUT2D eigenvalue weighted by molar-refractivity contribution is 6.35. The topological polar surface area (TPSA) is 96.6 Å². The second kappa shape index (κ2) is 14.6. The van der Waals surface area contributed by atoms with Gasteiger partial charge in [-0.05, 0) is 110 Å². The molecule has 0 aliphatic carbocycles. The second-order valence-corrected chi connectivity index (χ2v) is 13.8. The van der Waals surface area contributed by atoms with E-state index in [0.717, 1.165) is 60.9 Å². The number of aryl methyl sites for hydroxylation is 5. The third-order valence-corrected chi connectivity index (χ3v) is 8.89. The molecule has 4 aromatic rings. The van der Waals surface area contributed by atoms with Crippen LogP contribution >= 0.6 is 23.2 Å². The first kappa shape index (κ1) is 36.2. The Kier molecular flexibility index (Phi) is 11.2. The van der Waals surface area contributed by atoms with Gasteiger partial charge in [-0.1, -0.05) is 29.3 Å². The summed E-state index contributed by atoms with van der Waals surface area (Å²) >= 11 is 13.4. The molecule has 0 aliphatic rings. The van der Waals surface area contributed by atoms with Crippen LogP contribution in [0.25, 0.3) is 22.0 Å². The summed E-state index contributed by atoms with van der Waals surface area (Å²) < 4.78 is 21.1. The maximum absolute atomic E-state index is 13.8. The maximum Gasteiger partial charge on any atom is 0.407 e. The monoisotopic (exact) mass is 684 g/mol. The lowest BCUT2D eigenvalue weighted by Crippen LogP contribution is -2.40. The van der Waals surface area contributed by atoms with Gasteiger partial charge in [0.05, 0.1) is 29.4 Å². The number of hydrogen-bond acceptors (Lipinski definition) is 6. The largest absolute Gasteiger partial charge is 0.494 e. The number of nitrogens with one attached hydrogen (secondary N) is 1. The lowest BCUT2D eigenvalue weighted by molar-refractivity contribution is 0.0503. The molecular weight excluding hydrogens is 639 g/mol. The highest BCUT2D eigenvalue weighted by Crippen LogP contribution is 2.42. The van der Waals surface area contributed by atoms with E-state index in [4.69, 9.17) is 37.4 Å². The van der Waals surface area contributed by atoms with E-state index in [1.807, 2.05) is 96.0 Å². The van der Waals surface area contributed by atoms with Gasteiger partial charge in [-0.3, -0.25) is 4.68 Å². The van der Waals surface area contributed by atoms with Crippen LogP contribution < -0.4 is 10.1 Å². The highest BCUT2D eigenvalue weighted by Gasteiger charge is 2.30. The molecule has 0 fully saturated rings. The van der Waals surface area contributed by atoms with Crippen molar-refractivity contribution in [3.8, 4) is 16.9 Å². The number of carbonyl (C=O) groups excluding carboxylic acids is 2. The van der Waals surface area contributed by atoms with Crippen molar-refractivity contribution in [1.82, 2.24) is 19.7 Å². The molecule has 0 aliphatic heterocycles. The van der Waals surface area contributed by atoms with Crippen LogP contribution in [-0.4, -0.2) is 51.3 Å². The summed E-state index contributed by atoms with van der Waals surface area (Å²) in [6, 6.07) is 7.26. The zero-order valence-electron chi connectivity index (χ0n) is 29.1. The average Bonchev–Trinajstić information content (AvgIpc) is 3.40. The number of nitrogens with zero attached hydrogens (tertiary/aromatic N) is 3. The molecular formula is C36H46Cl2N4O5. The van der Waals surface area contributed by atoms with E-state index in [1.54, 1.807) is 6.92 Å². The molecule has 47 heavy (non-hydrogen) atoms. The Morgan fingerprint density at radius 1 is 1.04 bits per heavy atom. The Morgan fingerprint density at radius 3 is 2.28 bits per heavy atom. The molecule has 0 spiro atoms. The van der Waals surface area contributed by atoms with E-state index in [-0.39, 0.29) is 13.2 Å². The zero-order chi connectivity index (χ0) is 34.8. The molecule has 11 heteroatoms. The lowest BCUT2D eigenvalue weighted by Gasteiger charge is -2.23. The summed E-state index contributed by atoms with van der Waals surface area (Å²) in [5, 5.41) is 9.72. The Balaban J connectivity index is 1.85. The van der Waals surface area contributed by atoms with Crippen molar-refractivity contribution in [2.75, 3.05) is 13.2 Å². The molecule has 2 heterocycles. The van der Waals surface area contributed by atoms with Crippen LogP contribution in [-0.2, 0) is 29.5 Å². The van der Waals surface area contributed by atoms with Crippen molar-refractivity contribution in [3.05, 3.63) is 68.1 Å². The normalized spacial score (nSPS) is 12.3. The number of halogens is 2. The molecule has 0 radical (unpaired) electrons. The number of fused-ring (bicyclic) bond motifs is 1. The lowest BCUT2D eigenvalue weighted by atomic mass is 9.98. The van der Waals surface area contributed by atoms with E-state index in [2.05, 4.69) is 10.4 Å². The van der Waals surface area contributed by atoms with Gasteiger partial charge in [-0.2, -0.15) is 5.10 Å². The summed E-state index contributed by atoms with van der Waals surface area (Å²) in [6.45, 7) is 17.8. The van der Waals surface area contributed by atoms with Gasteiger partial charge in [0.2, 0.25) is 0 Å². The predicted molar refractivity (Wildman–Crippen MR) is 188 cm³/mol. The van der Waals surface area contributed by atoms with E-state index in [1.165, 1.54) is 0 Å². The van der Waals surface area contributed by atoms with Crippen molar-refractivity contribution in [1.29, 1.82) is 0 Å². The first-order valence-electron chi connectivity index (χ1n) is 15.9. The Labute approximate surface area is 287 Å². The van der Waals surface area contributed by atoms with E-state index >= 15 is 0 Å². The molecule has 1 N–H and O–H groups in total. The number of amides is 1. The Bertz CT molecular complexity index is 1780. The Hall–Kier alpha value is -3.69. The molecule has 1 atom stereocenters. The van der Waals surface area contributed by atoms with Crippen LogP contribution in [0.1, 0.15) is 79.6 Å². The van der Waals surface area contributed by atoms with Crippen molar-refractivity contribution < 1.29 is 23.8 Å². The summed E-state index contributed by atoms with van der Waals surface area (Å²) in [5.41, 5.74) is 6.69. The minimum atomic E-state index is -0.658. The fourth-order valence-corrected chi connectivity index (χ4v) is 6.35. The van der Waals surface area contributed by atoms with Crippen LogP contribution in [0.5, 0.6) is 5.75 Å². The van der Waals surface area contributed by atoms with Crippen molar-refractivity contribution >= 4 is 46.2 Å². The molecule has 0 saturated carbocycles. The SMILES string of the molecule is CCOC(=O)c1c(CCCOc2cc(C)c(Cl)c(C)c2)c2ccc(Cl)c(-c3c(C)nn(C)c3C)c2n1CC(C)NC(=O)OC(C)(C)C. The summed E-state index contributed by atoms with van der Waals surface area (Å²) in [5.74, 6) is 0.297. The summed E-state index contributed by atoms with van der Waals surface area (Å²) in [4.78, 5) is 26.6. The van der Waals surface area contributed by atoms with E-state index in [0.29, 0.717) is 30.2 Å². The van der Waals surface area contributed by atoms with Gasteiger partial charge in [0.15, 0.2) is 0 Å². The molecule has 1 amide bonds. The van der Waals surface area contributed by atoms with Crippen LogP contribution in [0.2, 0.25) is 10.0 Å². The fraction of sp³-hybridized carbons (Fsp3) is 0.472. The first-order valence-corrected chi connectivity index (χ1v) is 16.7. The fourth-order valence-electron chi connectivity index (χ4n) is 5.99. The first-order chi connectivity index (χ1) is 22.0. The second-order valence-electron chi connectivity index (χ2n) is 13.0. The van der Waals surface area contributed by atoms with Gasteiger partial charge in [0, 0.05) is 46.9 Å². The average molecular weight is 686 g/mol. The van der Waals surface area contributed by atoms with Gasteiger partial charge in [0.25, 0.3) is 0 Å². The number of rotatable bonds is 11. The third-order valence-electron chi connectivity index (χ3n) is 7.98. The number of ether oxygens (including phenoxy) is 3. The molecule has 1 unspecified atom stereocenters. The number of benzene rings is 2. The third kappa shape index (κ3) is 8.07. The predicted octanol–water partition coefficient (Wildman–Crippen LogP) is 8.68. The molecule has 0 bridgehead atoms. The number of esters is 1. The Morgan fingerprint density at radius 2 is 1.70 bits per heavy atom. The van der Waals surface area contributed by atoms with E-state index in [9.17, 15) is 9.59 Å². The van der Waals surface area contributed by atoms with Crippen LogP contribution in [0.15, 0.2) is 24.3 Å². The minimum absolute atomic E-state index is 0.207. The van der Waals surface area contributed by atoms with Crippen LogP contribution in [0.3, 0.4) is 0 Å². The molecule has 9 nitrogen and oxygen atoms in total. The molecule has 0 saturated heterocycles. The molecule has 2 aromatic heterocycles. The number of alkyl carbamates (subject to hydrolysis) is 1. The number of hydrogen-bond donors (Lipinski definition) is 1. The smallest absolute Gasteiger partial charge is 0.407 e. The standard InChI is InChI=1S/C36H46Cl2N4O5/c1-11-45-34(43)33-26(13-12-16-46-25-17-20(2)31(38)21(3)18-25)27-14-15-28(37)30(29-23(5)40-41(10)24(29)6)32(27)42(33)19-22(4)39-35(44)47-36(7,8)9/h14-15,17-18,22H,11-13,16,19H2,1-10H3,(H,39,44). The minimum Gasteiger partial charge on any atom is -0.494 e. The zero-order valence-corrected chi connectivity index (χ0v) is 30.6. The van der Waals surface area contributed by atoms with E-state index < -0.39 is 23.7 Å². The highest BCUT2D eigenvalue weighted by atomic mass is 35.5. The van der Waals surface area contributed by atoms with Gasteiger partial charge in [-0.25, -0.2) is 9.59 Å².